The number of fused-ring (bicyclic) bond motifs is 1. The molecule has 1 aromatic carbocycles. The average molecular weight is 248 g/mol. The Kier molecular flexibility index (Phi) is 3.81. The van der Waals surface area contributed by atoms with Gasteiger partial charge in [0.15, 0.2) is 6.29 Å². The van der Waals surface area contributed by atoms with Crippen molar-refractivity contribution in [2.75, 3.05) is 19.8 Å². The molecule has 0 bridgehead atoms. The molecule has 3 rings (SSSR count). The van der Waals surface area contributed by atoms with Crippen molar-refractivity contribution in [2.45, 2.75) is 38.4 Å². The number of aryl methyl sites for hydroxylation is 2. The fourth-order valence-corrected chi connectivity index (χ4v) is 2.65. The summed E-state index contributed by atoms with van der Waals surface area (Å²) in [4.78, 5) is 0. The first-order valence-corrected chi connectivity index (χ1v) is 6.89. The summed E-state index contributed by atoms with van der Waals surface area (Å²) in [6.07, 6.45) is 5.78. The zero-order chi connectivity index (χ0) is 12.2. The molecule has 0 spiro atoms. The third-order valence-corrected chi connectivity index (χ3v) is 3.63. The number of hydrogen-bond acceptors (Lipinski definition) is 3. The predicted octanol–water partition coefficient (Wildman–Crippen LogP) is 2.71. The van der Waals surface area contributed by atoms with Crippen LogP contribution in [0.1, 0.15) is 30.4 Å². The van der Waals surface area contributed by atoms with Crippen LogP contribution in [0.4, 0.5) is 0 Å². The van der Waals surface area contributed by atoms with Crippen LogP contribution in [0.25, 0.3) is 0 Å². The second-order valence-electron chi connectivity index (χ2n) is 4.95. The Morgan fingerprint density at radius 3 is 2.67 bits per heavy atom. The Balaban J connectivity index is 1.52. The van der Waals surface area contributed by atoms with E-state index in [9.17, 15) is 0 Å². The highest BCUT2D eigenvalue weighted by atomic mass is 16.7. The molecule has 1 fully saturated rings. The van der Waals surface area contributed by atoms with E-state index >= 15 is 0 Å². The fourth-order valence-electron chi connectivity index (χ4n) is 2.65. The van der Waals surface area contributed by atoms with Crippen molar-refractivity contribution in [3.05, 3.63) is 29.3 Å². The third kappa shape index (κ3) is 2.85. The van der Waals surface area contributed by atoms with Gasteiger partial charge in [0.05, 0.1) is 19.8 Å². The molecule has 0 amide bonds. The van der Waals surface area contributed by atoms with E-state index in [1.807, 2.05) is 0 Å². The molecule has 3 heteroatoms. The summed E-state index contributed by atoms with van der Waals surface area (Å²) in [5.41, 5.74) is 2.96. The van der Waals surface area contributed by atoms with Gasteiger partial charge in [-0.3, -0.25) is 0 Å². The second-order valence-corrected chi connectivity index (χ2v) is 4.95. The Morgan fingerprint density at radius 1 is 1.06 bits per heavy atom. The van der Waals surface area contributed by atoms with Gasteiger partial charge in [0.2, 0.25) is 0 Å². The molecule has 1 heterocycles. The van der Waals surface area contributed by atoms with Crippen LogP contribution in [-0.4, -0.2) is 26.1 Å². The van der Waals surface area contributed by atoms with Gasteiger partial charge in [-0.2, -0.15) is 0 Å². The normalized spacial score (nSPS) is 19.8. The zero-order valence-electron chi connectivity index (χ0n) is 10.7. The van der Waals surface area contributed by atoms with Gasteiger partial charge >= 0.3 is 0 Å². The van der Waals surface area contributed by atoms with Gasteiger partial charge in [-0.1, -0.05) is 6.07 Å². The maximum Gasteiger partial charge on any atom is 0.161 e. The van der Waals surface area contributed by atoms with E-state index < -0.39 is 0 Å². The molecule has 0 N–H and O–H groups in total. The molecule has 1 aromatic rings. The molecule has 1 aliphatic heterocycles. The van der Waals surface area contributed by atoms with E-state index in [2.05, 4.69) is 18.2 Å². The Bertz CT molecular complexity index is 397. The number of benzene rings is 1. The zero-order valence-corrected chi connectivity index (χ0v) is 10.7. The molecule has 0 radical (unpaired) electrons. The van der Waals surface area contributed by atoms with Gasteiger partial charge < -0.3 is 14.2 Å². The van der Waals surface area contributed by atoms with Gasteiger partial charge in [-0.05, 0) is 48.9 Å². The summed E-state index contributed by atoms with van der Waals surface area (Å²) in [7, 11) is 0. The molecule has 1 saturated heterocycles. The SMILES string of the molecule is c1cc2c(cc1OCCC1OCCO1)CCCC2. The smallest absolute Gasteiger partial charge is 0.161 e. The minimum atomic E-state index is -0.0670. The van der Waals surface area contributed by atoms with E-state index in [1.54, 1.807) is 0 Å². The molecule has 18 heavy (non-hydrogen) atoms. The van der Waals surface area contributed by atoms with Crippen LogP contribution in [0, 0.1) is 0 Å². The molecular formula is C15H20O3. The number of rotatable bonds is 4. The molecule has 0 aromatic heterocycles. The van der Waals surface area contributed by atoms with Crippen molar-refractivity contribution in [1.82, 2.24) is 0 Å². The summed E-state index contributed by atoms with van der Waals surface area (Å²) < 4.78 is 16.5. The molecule has 2 aliphatic rings. The minimum Gasteiger partial charge on any atom is -0.493 e. The summed E-state index contributed by atoms with van der Waals surface area (Å²) >= 11 is 0. The minimum absolute atomic E-state index is 0.0670. The maximum atomic E-state index is 5.77. The standard InChI is InChI=1S/C15H20O3/c1-2-4-13-11-14(6-5-12(13)3-1)16-8-7-15-17-9-10-18-15/h5-6,11,15H,1-4,7-10H2. The topological polar surface area (TPSA) is 27.7 Å². The highest BCUT2D eigenvalue weighted by molar-refractivity contribution is 5.37. The summed E-state index contributed by atoms with van der Waals surface area (Å²) in [5.74, 6) is 0.980. The van der Waals surface area contributed by atoms with Gasteiger partial charge in [0, 0.05) is 6.42 Å². The first-order valence-electron chi connectivity index (χ1n) is 6.89. The lowest BCUT2D eigenvalue weighted by Gasteiger charge is -2.17. The molecule has 0 atom stereocenters. The lowest BCUT2D eigenvalue weighted by Crippen LogP contribution is -2.13. The van der Waals surface area contributed by atoms with Crippen molar-refractivity contribution in [1.29, 1.82) is 0 Å². The van der Waals surface area contributed by atoms with Crippen LogP contribution < -0.4 is 4.74 Å². The number of hydrogen-bond donors (Lipinski definition) is 0. The predicted molar refractivity (Wildman–Crippen MR) is 68.9 cm³/mol. The van der Waals surface area contributed by atoms with E-state index in [-0.39, 0.29) is 6.29 Å². The molecule has 98 valence electrons. The first-order chi connectivity index (χ1) is 8.92. The van der Waals surface area contributed by atoms with Crippen LogP contribution in [-0.2, 0) is 22.3 Å². The molecule has 0 unspecified atom stereocenters. The number of ether oxygens (including phenoxy) is 3. The average Bonchev–Trinajstić information content (AvgIpc) is 2.92. The Morgan fingerprint density at radius 2 is 1.83 bits per heavy atom. The highest BCUT2D eigenvalue weighted by Gasteiger charge is 2.15. The van der Waals surface area contributed by atoms with Gasteiger partial charge in [-0.15, -0.1) is 0 Å². The fraction of sp³-hybridized carbons (Fsp3) is 0.600. The highest BCUT2D eigenvalue weighted by Crippen LogP contribution is 2.25. The van der Waals surface area contributed by atoms with Crippen LogP contribution in [0.2, 0.25) is 0 Å². The maximum absolute atomic E-state index is 5.77. The van der Waals surface area contributed by atoms with Crippen LogP contribution in [0.3, 0.4) is 0 Å². The van der Waals surface area contributed by atoms with Crippen LogP contribution >= 0.6 is 0 Å². The monoisotopic (exact) mass is 248 g/mol. The molecule has 0 saturated carbocycles. The lowest BCUT2D eigenvalue weighted by atomic mass is 9.92. The summed E-state index contributed by atoms with van der Waals surface area (Å²) in [6.45, 7) is 2.08. The summed E-state index contributed by atoms with van der Waals surface area (Å²) in [6, 6.07) is 6.50. The van der Waals surface area contributed by atoms with E-state index in [0.29, 0.717) is 19.8 Å². The van der Waals surface area contributed by atoms with E-state index in [4.69, 9.17) is 14.2 Å². The Hall–Kier alpha value is -1.06. The van der Waals surface area contributed by atoms with Crippen molar-refractivity contribution in [3.8, 4) is 5.75 Å². The molecule has 3 nitrogen and oxygen atoms in total. The van der Waals surface area contributed by atoms with E-state index in [1.165, 1.54) is 36.8 Å². The van der Waals surface area contributed by atoms with Crippen molar-refractivity contribution in [3.63, 3.8) is 0 Å². The molecular weight excluding hydrogens is 228 g/mol. The lowest BCUT2D eigenvalue weighted by molar-refractivity contribution is -0.0531. The first kappa shape index (κ1) is 12.0. The van der Waals surface area contributed by atoms with Gasteiger partial charge in [-0.25, -0.2) is 0 Å². The van der Waals surface area contributed by atoms with Crippen molar-refractivity contribution < 1.29 is 14.2 Å². The van der Waals surface area contributed by atoms with Crippen molar-refractivity contribution in [2.24, 2.45) is 0 Å². The van der Waals surface area contributed by atoms with Crippen molar-refractivity contribution >= 4 is 0 Å². The quantitative estimate of drug-likeness (QED) is 0.820. The molecule has 1 aliphatic carbocycles. The Labute approximate surface area is 108 Å². The van der Waals surface area contributed by atoms with Crippen LogP contribution in [0.5, 0.6) is 5.75 Å². The summed E-state index contributed by atoms with van der Waals surface area (Å²) in [5, 5.41) is 0. The largest absolute Gasteiger partial charge is 0.493 e. The second kappa shape index (κ2) is 5.72. The van der Waals surface area contributed by atoms with Gasteiger partial charge in [0.1, 0.15) is 5.75 Å². The van der Waals surface area contributed by atoms with Crippen LogP contribution in [0.15, 0.2) is 18.2 Å². The third-order valence-electron chi connectivity index (χ3n) is 3.63. The van der Waals surface area contributed by atoms with Gasteiger partial charge in [0.25, 0.3) is 0 Å². The van der Waals surface area contributed by atoms with E-state index in [0.717, 1.165) is 12.2 Å².